The Labute approximate surface area is 205 Å². The summed E-state index contributed by atoms with van der Waals surface area (Å²) < 4.78 is 20.6. The molecule has 1 unspecified atom stereocenters. The van der Waals surface area contributed by atoms with E-state index in [4.69, 9.17) is 30.2 Å². The molecule has 0 radical (unpaired) electrons. The number of furan rings is 1. The summed E-state index contributed by atoms with van der Waals surface area (Å²) in [7, 11) is 1.47. The first kappa shape index (κ1) is 24.0. The molecule has 0 N–H and O–H groups in total. The maximum Gasteiger partial charge on any atom is 0.379 e. The molecule has 0 spiro atoms. The van der Waals surface area contributed by atoms with E-state index in [9.17, 15) is 19.2 Å². The van der Waals surface area contributed by atoms with Gasteiger partial charge in [0.2, 0.25) is 11.7 Å². The molecular weight excluding hydrogens is 478 g/mol. The van der Waals surface area contributed by atoms with Gasteiger partial charge in [-0.05, 0) is 54.6 Å². The second kappa shape index (κ2) is 10.4. The first-order valence-electron chi connectivity index (χ1n) is 10.5. The van der Waals surface area contributed by atoms with Gasteiger partial charge in [0, 0.05) is 23.6 Å². The number of methoxy groups -OCH3 is 1. The molecule has 10 heteroatoms. The molecule has 3 aromatic rings. The van der Waals surface area contributed by atoms with E-state index >= 15 is 0 Å². The lowest BCUT2D eigenvalue weighted by atomic mass is 10.1. The fourth-order valence-corrected chi connectivity index (χ4v) is 3.74. The molecule has 1 aliphatic heterocycles. The van der Waals surface area contributed by atoms with Crippen molar-refractivity contribution in [2.75, 3.05) is 25.2 Å². The van der Waals surface area contributed by atoms with E-state index in [1.165, 1.54) is 48.6 Å². The molecule has 180 valence electrons. The van der Waals surface area contributed by atoms with Crippen LogP contribution < -0.4 is 14.4 Å². The van der Waals surface area contributed by atoms with Crippen LogP contribution in [0.1, 0.15) is 27.3 Å². The predicted molar refractivity (Wildman–Crippen MR) is 124 cm³/mol. The van der Waals surface area contributed by atoms with Crippen molar-refractivity contribution in [1.29, 1.82) is 0 Å². The van der Waals surface area contributed by atoms with Gasteiger partial charge in [-0.3, -0.25) is 14.4 Å². The summed E-state index contributed by atoms with van der Waals surface area (Å²) in [5.74, 6) is -2.06. The average molecular weight is 498 g/mol. The number of rotatable bonds is 8. The number of ketones is 1. The number of ether oxygens (including phenoxy) is 3. The van der Waals surface area contributed by atoms with Crippen molar-refractivity contribution >= 4 is 40.9 Å². The minimum absolute atomic E-state index is 0.0508. The Balaban J connectivity index is 1.31. The number of Topliss-reactive ketones (excluding diaryl/α,β-unsaturated/α-hetero) is 1. The number of benzene rings is 2. The summed E-state index contributed by atoms with van der Waals surface area (Å²) in [5.41, 5.74) is 0.729. The van der Waals surface area contributed by atoms with Gasteiger partial charge in [-0.25, -0.2) is 4.79 Å². The van der Waals surface area contributed by atoms with Gasteiger partial charge >= 0.3 is 11.9 Å². The lowest BCUT2D eigenvalue weighted by Gasteiger charge is -2.19. The molecule has 1 amide bonds. The number of amides is 1. The van der Waals surface area contributed by atoms with Crippen molar-refractivity contribution in [2.24, 2.45) is 5.92 Å². The van der Waals surface area contributed by atoms with Crippen LogP contribution in [0, 0.1) is 5.92 Å². The van der Waals surface area contributed by atoms with E-state index in [0.29, 0.717) is 16.5 Å². The predicted octanol–water partition coefficient (Wildman–Crippen LogP) is 3.94. The van der Waals surface area contributed by atoms with Crippen LogP contribution in [0.15, 0.2) is 65.3 Å². The Morgan fingerprint density at radius 2 is 1.89 bits per heavy atom. The lowest BCUT2D eigenvalue weighted by Crippen LogP contribution is -2.27. The zero-order chi connectivity index (χ0) is 24.9. The smallest absolute Gasteiger partial charge is 0.379 e. The summed E-state index contributed by atoms with van der Waals surface area (Å²) in [6.07, 6.45) is 1.30. The number of hydrogen-bond acceptors (Lipinski definition) is 8. The molecular formula is C25H20ClNO8. The molecule has 2 aromatic carbocycles. The molecule has 1 fully saturated rings. The minimum Gasteiger partial charge on any atom is -0.495 e. The van der Waals surface area contributed by atoms with Gasteiger partial charge < -0.3 is 23.5 Å². The monoisotopic (exact) mass is 497 g/mol. The highest BCUT2D eigenvalue weighted by atomic mass is 35.5. The van der Waals surface area contributed by atoms with E-state index < -0.39 is 30.2 Å². The number of nitrogens with zero attached hydrogens (tertiary/aromatic N) is 1. The van der Waals surface area contributed by atoms with Crippen molar-refractivity contribution in [3.05, 3.63) is 77.2 Å². The number of carbonyl (C=O) groups is 4. The number of carbonyl (C=O) groups excluding carboxylic acids is 4. The third-order valence-corrected chi connectivity index (χ3v) is 5.58. The van der Waals surface area contributed by atoms with Crippen LogP contribution in [0.25, 0.3) is 0 Å². The number of esters is 2. The maximum atomic E-state index is 12.5. The van der Waals surface area contributed by atoms with Crippen molar-refractivity contribution in [1.82, 2.24) is 0 Å². The first-order valence-corrected chi connectivity index (χ1v) is 10.9. The van der Waals surface area contributed by atoms with Gasteiger partial charge in [-0.2, -0.15) is 0 Å². The Morgan fingerprint density at radius 3 is 2.57 bits per heavy atom. The van der Waals surface area contributed by atoms with E-state index in [-0.39, 0.29) is 35.9 Å². The van der Waals surface area contributed by atoms with Crippen LogP contribution in [0.3, 0.4) is 0 Å². The summed E-state index contributed by atoms with van der Waals surface area (Å²) >= 11 is 6.05. The summed E-state index contributed by atoms with van der Waals surface area (Å²) in [6.45, 7) is -0.409. The van der Waals surface area contributed by atoms with Crippen LogP contribution in [0.5, 0.6) is 11.5 Å². The topological polar surface area (TPSA) is 112 Å². The second-order valence-corrected chi connectivity index (χ2v) is 8.08. The number of halogens is 1. The first-order chi connectivity index (χ1) is 16.9. The maximum absolute atomic E-state index is 12.5. The van der Waals surface area contributed by atoms with Gasteiger partial charge in [-0.1, -0.05) is 11.6 Å². The molecule has 1 aliphatic rings. The zero-order valence-corrected chi connectivity index (χ0v) is 19.3. The van der Waals surface area contributed by atoms with E-state index in [1.807, 2.05) is 0 Å². The van der Waals surface area contributed by atoms with Crippen LogP contribution >= 0.6 is 11.6 Å². The van der Waals surface area contributed by atoms with Crippen molar-refractivity contribution < 1.29 is 37.8 Å². The zero-order valence-electron chi connectivity index (χ0n) is 18.6. The summed E-state index contributed by atoms with van der Waals surface area (Å²) in [5, 5.41) is 0.423. The number of anilines is 1. The van der Waals surface area contributed by atoms with Gasteiger partial charge in [0.1, 0.15) is 11.5 Å². The third kappa shape index (κ3) is 5.52. The van der Waals surface area contributed by atoms with Crippen LogP contribution in [-0.2, 0) is 14.3 Å². The Hall–Kier alpha value is -4.11. The lowest BCUT2D eigenvalue weighted by molar-refractivity contribution is -0.147. The summed E-state index contributed by atoms with van der Waals surface area (Å²) in [6, 6.07) is 13.7. The Morgan fingerprint density at radius 1 is 1.11 bits per heavy atom. The third-order valence-electron chi connectivity index (χ3n) is 5.34. The Kier molecular flexibility index (Phi) is 7.17. The molecule has 1 aromatic heterocycles. The highest BCUT2D eigenvalue weighted by Crippen LogP contribution is 2.35. The molecule has 2 heterocycles. The SMILES string of the molecule is COc1ccc(Cl)cc1N1CC(C(=O)OCC(=O)c2ccc(OC(=O)c3ccco3)cc2)CC1=O. The van der Waals surface area contributed by atoms with Crippen molar-refractivity contribution in [3.8, 4) is 11.5 Å². The highest BCUT2D eigenvalue weighted by molar-refractivity contribution is 6.31. The molecule has 0 bridgehead atoms. The van der Waals surface area contributed by atoms with Crippen molar-refractivity contribution in [3.63, 3.8) is 0 Å². The van der Waals surface area contributed by atoms with Crippen LogP contribution in [0.2, 0.25) is 5.02 Å². The molecule has 4 rings (SSSR count). The highest BCUT2D eigenvalue weighted by Gasteiger charge is 2.37. The molecule has 0 saturated carbocycles. The van der Waals surface area contributed by atoms with E-state index in [2.05, 4.69) is 0 Å². The molecule has 1 atom stereocenters. The fraction of sp³-hybridized carbons (Fsp3) is 0.200. The van der Waals surface area contributed by atoms with Gasteiger partial charge in [0.25, 0.3) is 0 Å². The van der Waals surface area contributed by atoms with Gasteiger partial charge in [0.05, 0.1) is 25.0 Å². The van der Waals surface area contributed by atoms with Crippen LogP contribution in [-0.4, -0.2) is 43.9 Å². The van der Waals surface area contributed by atoms with Crippen LogP contribution in [0.4, 0.5) is 5.69 Å². The number of hydrogen-bond donors (Lipinski definition) is 0. The Bertz CT molecular complexity index is 1250. The van der Waals surface area contributed by atoms with Gasteiger partial charge in [0.15, 0.2) is 12.4 Å². The normalized spacial score (nSPS) is 15.1. The molecule has 0 aliphatic carbocycles. The molecule has 35 heavy (non-hydrogen) atoms. The van der Waals surface area contributed by atoms with Crippen molar-refractivity contribution in [2.45, 2.75) is 6.42 Å². The molecule has 1 saturated heterocycles. The quantitative estimate of drug-likeness (QED) is 0.261. The largest absolute Gasteiger partial charge is 0.495 e. The minimum atomic E-state index is -0.734. The second-order valence-electron chi connectivity index (χ2n) is 7.64. The van der Waals surface area contributed by atoms with E-state index in [1.54, 1.807) is 24.3 Å². The standard InChI is InChI=1S/C25H20ClNO8/c1-32-21-9-6-17(26)12-19(21)27-13-16(11-23(27)29)24(30)34-14-20(28)15-4-7-18(8-5-15)35-25(31)22-3-2-10-33-22/h2-10,12,16H,11,13-14H2,1H3. The van der Waals surface area contributed by atoms with Gasteiger partial charge in [-0.15, -0.1) is 0 Å². The fourth-order valence-electron chi connectivity index (χ4n) is 3.57. The summed E-state index contributed by atoms with van der Waals surface area (Å²) in [4.78, 5) is 50.8. The average Bonchev–Trinajstić information content (AvgIpc) is 3.53. The van der Waals surface area contributed by atoms with E-state index in [0.717, 1.165) is 0 Å². The molecule has 9 nitrogen and oxygen atoms in total.